The van der Waals surface area contributed by atoms with E-state index < -0.39 is 0 Å². The molecule has 0 aliphatic rings. The zero-order chi connectivity index (χ0) is 10.6. The van der Waals surface area contributed by atoms with Crippen molar-refractivity contribution in [3.8, 4) is 0 Å². The van der Waals surface area contributed by atoms with E-state index in [1.807, 2.05) is 6.92 Å². The van der Waals surface area contributed by atoms with Gasteiger partial charge in [-0.15, -0.1) is 0 Å². The highest BCUT2D eigenvalue weighted by Gasteiger charge is 2.01. The van der Waals surface area contributed by atoms with Crippen molar-refractivity contribution in [1.29, 1.82) is 0 Å². The fourth-order valence-electron chi connectivity index (χ4n) is 1.19. The topological polar surface area (TPSA) is 80.9 Å². The molecule has 0 atom stereocenters. The summed E-state index contributed by atoms with van der Waals surface area (Å²) < 4.78 is 1.49. The van der Waals surface area contributed by atoms with E-state index in [-0.39, 0.29) is 17.8 Å². The minimum atomic E-state index is -0.384. The average molecular weight is 197 g/mol. The van der Waals surface area contributed by atoms with Gasteiger partial charge in [0.25, 0.3) is 5.56 Å². The normalized spacial score (nSPS) is 10.4. The lowest BCUT2D eigenvalue weighted by Gasteiger charge is -2.04. The van der Waals surface area contributed by atoms with E-state index in [0.29, 0.717) is 12.1 Å². The van der Waals surface area contributed by atoms with E-state index in [9.17, 15) is 9.59 Å². The van der Waals surface area contributed by atoms with Gasteiger partial charge in [0.2, 0.25) is 0 Å². The van der Waals surface area contributed by atoms with Crippen molar-refractivity contribution in [2.24, 2.45) is 5.73 Å². The summed E-state index contributed by atoms with van der Waals surface area (Å²) in [6, 6.07) is 0. The molecule has 5 nitrogen and oxygen atoms in total. The highest BCUT2D eigenvalue weighted by molar-refractivity contribution is 5.03. The Kier molecular flexibility index (Phi) is 3.64. The highest BCUT2D eigenvalue weighted by Crippen LogP contribution is 1.92. The van der Waals surface area contributed by atoms with E-state index in [0.717, 1.165) is 12.8 Å². The Balaban J connectivity index is 3.05. The van der Waals surface area contributed by atoms with Crippen LogP contribution in [0.2, 0.25) is 0 Å². The zero-order valence-electron chi connectivity index (χ0n) is 8.25. The third-order valence-corrected chi connectivity index (χ3v) is 2.06. The van der Waals surface area contributed by atoms with Crippen molar-refractivity contribution in [2.45, 2.75) is 32.9 Å². The molecule has 5 heteroatoms. The second-order valence-corrected chi connectivity index (χ2v) is 3.16. The van der Waals surface area contributed by atoms with Crippen LogP contribution in [0.3, 0.4) is 0 Å². The SMILES string of the molecule is CCCCn1cc(CN)c(=O)[nH]c1=O. The molecule has 0 saturated heterocycles. The number of hydrogen-bond acceptors (Lipinski definition) is 3. The van der Waals surface area contributed by atoms with Gasteiger partial charge in [-0.2, -0.15) is 0 Å². The molecule has 0 fully saturated rings. The van der Waals surface area contributed by atoms with Crippen LogP contribution < -0.4 is 17.0 Å². The van der Waals surface area contributed by atoms with Gasteiger partial charge in [0, 0.05) is 24.8 Å². The highest BCUT2D eigenvalue weighted by atomic mass is 16.2. The average Bonchev–Trinajstić information content (AvgIpc) is 2.17. The molecule has 0 bridgehead atoms. The Bertz CT molecular complexity index is 405. The maximum Gasteiger partial charge on any atom is 0.328 e. The van der Waals surface area contributed by atoms with E-state index in [4.69, 9.17) is 5.73 Å². The molecule has 3 N–H and O–H groups in total. The molecule has 0 spiro atoms. The second kappa shape index (κ2) is 4.76. The first-order valence-corrected chi connectivity index (χ1v) is 4.71. The van der Waals surface area contributed by atoms with Crippen molar-refractivity contribution in [3.05, 3.63) is 32.6 Å². The van der Waals surface area contributed by atoms with E-state index in [1.165, 1.54) is 10.8 Å². The second-order valence-electron chi connectivity index (χ2n) is 3.16. The first kappa shape index (κ1) is 10.7. The van der Waals surface area contributed by atoms with Gasteiger partial charge in [-0.25, -0.2) is 4.79 Å². The summed E-state index contributed by atoms with van der Waals surface area (Å²) in [5, 5.41) is 0. The number of aromatic nitrogens is 2. The molecule has 14 heavy (non-hydrogen) atoms. The molecule has 1 heterocycles. The number of aryl methyl sites for hydroxylation is 1. The fraction of sp³-hybridized carbons (Fsp3) is 0.556. The van der Waals surface area contributed by atoms with Crippen molar-refractivity contribution in [1.82, 2.24) is 9.55 Å². The number of rotatable bonds is 4. The molecule has 0 unspecified atom stereocenters. The smallest absolute Gasteiger partial charge is 0.326 e. The molecule has 0 aliphatic heterocycles. The summed E-state index contributed by atoms with van der Waals surface area (Å²) in [5.74, 6) is 0. The van der Waals surface area contributed by atoms with Crippen LogP contribution in [-0.4, -0.2) is 9.55 Å². The van der Waals surface area contributed by atoms with Crippen LogP contribution in [0.25, 0.3) is 0 Å². The molecular weight excluding hydrogens is 182 g/mol. The molecule has 0 aromatic carbocycles. The van der Waals surface area contributed by atoms with Gasteiger partial charge in [0.05, 0.1) is 0 Å². The summed E-state index contributed by atoms with van der Waals surface area (Å²) in [5.41, 5.74) is 5.06. The molecule has 1 aromatic rings. The predicted octanol–water partition coefficient (Wildman–Crippen LogP) is -0.205. The van der Waals surface area contributed by atoms with Gasteiger partial charge in [-0.3, -0.25) is 9.78 Å². The Morgan fingerprint density at radius 1 is 1.50 bits per heavy atom. The molecule has 1 aromatic heterocycles. The number of unbranched alkanes of at least 4 members (excludes halogenated alkanes) is 1. The van der Waals surface area contributed by atoms with Gasteiger partial charge in [0.1, 0.15) is 0 Å². The van der Waals surface area contributed by atoms with E-state index >= 15 is 0 Å². The van der Waals surface area contributed by atoms with Crippen LogP contribution >= 0.6 is 0 Å². The van der Waals surface area contributed by atoms with Crippen molar-refractivity contribution < 1.29 is 0 Å². The van der Waals surface area contributed by atoms with Crippen LogP contribution in [0.5, 0.6) is 0 Å². The molecular formula is C9H15N3O2. The minimum Gasteiger partial charge on any atom is -0.326 e. The Morgan fingerprint density at radius 3 is 2.79 bits per heavy atom. The molecule has 0 saturated carbocycles. The third-order valence-electron chi connectivity index (χ3n) is 2.06. The van der Waals surface area contributed by atoms with Crippen LogP contribution in [0, 0.1) is 0 Å². The number of nitrogens with zero attached hydrogens (tertiary/aromatic N) is 1. The first-order valence-electron chi connectivity index (χ1n) is 4.71. The molecule has 0 aliphatic carbocycles. The van der Waals surface area contributed by atoms with Crippen molar-refractivity contribution in [2.75, 3.05) is 0 Å². The van der Waals surface area contributed by atoms with Crippen molar-refractivity contribution >= 4 is 0 Å². The van der Waals surface area contributed by atoms with Crippen LogP contribution in [-0.2, 0) is 13.1 Å². The molecule has 1 rings (SSSR count). The van der Waals surface area contributed by atoms with Gasteiger partial charge >= 0.3 is 5.69 Å². The lowest BCUT2D eigenvalue weighted by atomic mass is 10.3. The van der Waals surface area contributed by atoms with E-state index in [1.54, 1.807) is 0 Å². The lowest BCUT2D eigenvalue weighted by molar-refractivity contribution is 0.591. The number of H-pyrrole nitrogens is 1. The monoisotopic (exact) mass is 197 g/mol. The summed E-state index contributed by atoms with van der Waals surface area (Å²) in [4.78, 5) is 24.7. The van der Waals surface area contributed by atoms with Crippen LogP contribution in [0.15, 0.2) is 15.8 Å². The van der Waals surface area contributed by atoms with E-state index in [2.05, 4.69) is 4.98 Å². The molecule has 78 valence electrons. The summed E-state index contributed by atoms with van der Waals surface area (Å²) in [6.45, 7) is 2.82. The fourth-order valence-corrected chi connectivity index (χ4v) is 1.19. The Hall–Kier alpha value is -1.36. The van der Waals surface area contributed by atoms with Crippen LogP contribution in [0.1, 0.15) is 25.3 Å². The zero-order valence-corrected chi connectivity index (χ0v) is 8.25. The summed E-state index contributed by atoms with van der Waals surface area (Å²) in [6.07, 6.45) is 3.45. The third kappa shape index (κ3) is 2.32. The number of hydrogen-bond donors (Lipinski definition) is 2. The number of nitrogens with one attached hydrogen (secondary N) is 1. The molecule has 0 amide bonds. The Labute approximate surface area is 81.6 Å². The quantitative estimate of drug-likeness (QED) is 0.701. The maximum absolute atomic E-state index is 11.3. The van der Waals surface area contributed by atoms with Gasteiger partial charge in [-0.1, -0.05) is 13.3 Å². The van der Waals surface area contributed by atoms with Crippen molar-refractivity contribution in [3.63, 3.8) is 0 Å². The molecule has 0 radical (unpaired) electrons. The number of aromatic amines is 1. The minimum absolute atomic E-state index is 0.155. The van der Waals surface area contributed by atoms with Gasteiger partial charge < -0.3 is 10.3 Å². The lowest BCUT2D eigenvalue weighted by Crippen LogP contribution is -2.32. The standard InChI is InChI=1S/C9H15N3O2/c1-2-3-4-12-6-7(5-10)8(13)11-9(12)14/h6H,2-5,10H2,1H3,(H,11,13,14). The largest absolute Gasteiger partial charge is 0.328 e. The van der Waals surface area contributed by atoms with Gasteiger partial charge in [-0.05, 0) is 6.42 Å². The first-order chi connectivity index (χ1) is 6.69. The van der Waals surface area contributed by atoms with Gasteiger partial charge in [0.15, 0.2) is 0 Å². The maximum atomic E-state index is 11.3. The summed E-state index contributed by atoms with van der Waals surface area (Å²) in [7, 11) is 0. The van der Waals surface area contributed by atoms with Crippen LogP contribution in [0.4, 0.5) is 0 Å². The predicted molar refractivity (Wildman–Crippen MR) is 54.1 cm³/mol. The Morgan fingerprint density at radius 2 is 2.21 bits per heavy atom. The summed E-state index contributed by atoms with van der Waals surface area (Å²) >= 11 is 0. The number of nitrogens with two attached hydrogens (primary N) is 1.